The highest BCUT2D eigenvalue weighted by molar-refractivity contribution is 7.92. The van der Waals surface area contributed by atoms with E-state index in [1.54, 1.807) is 20.2 Å². The molecule has 45 heavy (non-hydrogen) atoms. The molecule has 9 nitrogen and oxygen atoms in total. The molecule has 0 saturated heterocycles. The van der Waals surface area contributed by atoms with Crippen LogP contribution in [0, 0.1) is 11.8 Å². The van der Waals surface area contributed by atoms with Gasteiger partial charge in [0.15, 0.2) is 0 Å². The van der Waals surface area contributed by atoms with Gasteiger partial charge in [0.25, 0.3) is 5.91 Å². The normalized spacial score (nSPS) is 26.4. The molecule has 2 aliphatic heterocycles. The first kappa shape index (κ1) is 33.3. The molecule has 2 aromatic carbocycles. The molecule has 1 N–H and O–H groups in total. The number of hydrogen-bond donors (Lipinski definition) is 1. The van der Waals surface area contributed by atoms with Gasteiger partial charge >= 0.3 is 6.03 Å². The minimum atomic E-state index is -3.39. The van der Waals surface area contributed by atoms with E-state index in [0.29, 0.717) is 55.7 Å². The number of nitrogens with zero attached hydrogens (tertiary/aromatic N) is 3. The highest BCUT2D eigenvalue weighted by Crippen LogP contribution is 2.42. The molecule has 1 aliphatic carbocycles. The molecular weight excluding hydrogens is 612 g/mol. The van der Waals surface area contributed by atoms with Crippen LogP contribution in [0.25, 0.3) is 0 Å². The van der Waals surface area contributed by atoms with Gasteiger partial charge in [-0.2, -0.15) is 0 Å². The predicted molar refractivity (Wildman–Crippen MR) is 179 cm³/mol. The maximum atomic E-state index is 14.0. The summed E-state index contributed by atoms with van der Waals surface area (Å²) in [6, 6.07) is 10.9. The number of urea groups is 1. The standard InChI is InChI=1S/C34H45ClN4O5S/c1-4-38(2)34(41)37-45(42)19-9-5-6-11-31(43-3)29-16-13-27(29)23-39-22-26-12-15-28(35)20-24(26)10-7-8-18-44-32-17-14-25(21-30(32)39)33(40)36-45/h6,11-12,14-15,17,20-21,27,29,31H,4-5,7-10,13,16,18-19,22-23H2,1-3H3,(H,36,37,40,41,42)/b11-6+/t27-,29+,31-,45+/m0/s1. The van der Waals surface area contributed by atoms with E-state index in [-0.39, 0.29) is 11.9 Å². The van der Waals surface area contributed by atoms with Gasteiger partial charge in [0.05, 0.1) is 24.2 Å². The first-order valence-corrected chi connectivity index (χ1v) is 18.1. The second kappa shape index (κ2) is 15.0. The summed E-state index contributed by atoms with van der Waals surface area (Å²) in [5.74, 6) is 0.847. The number of carbonyl (C=O) groups excluding carboxylic acids is 2. The molecule has 0 aromatic heterocycles. The Bertz CT molecular complexity index is 1540. The number of hydrogen-bond acceptors (Lipinski definition) is 6. The van der Waals surface area contributed by atoms with Gasteiger partial charge in [0, 0.05) is 44.4 Å². The molecule has 11 heteroatoms. The molecule has 2 aromatic rings. The summed E-state index contributed by atoms with van der Waals surface area (Å²) in [5, 5.41) is 0.720. The van der Waals surface area contributed by atoms with Crippen molar-refractivity contribution in [2.24, 2.45) is 16.2 Å². The second-order valence-electron chi connectivity index (χ2n) is 12.2. The summed E-state index contributed by atoms with van der Waals surface area (Å²) in [6.07, 6.45) is 10.1. The number of allylic oxidation sites excluding steroid dienone is 1. The number of ether oxygens (including phenoxy) is 2. The lowest BCUT2D eigenvalue weighted by molar-refractivity contribution is 0.0134. The summed E-state index contributed by atoms with van der Waals surface area (Å²) >= 11 is 6.43. The first-order valence-electron chi connectivity index (χ1n) is 16.0. The van der Waals surface area contributed by atoms with Crippen LogP contribution in [-0.2, 0) is 27.6 Å². The van der Waals surface area contributed by atoms with Crippen molar-refractivity contribution in [2.75, 3.05) is 44.5 Å². The number of amides is 3. The van der Waals surface area contributed by atoms with Gasteiger partial charge in [-0.3, -0.25) is 9.52 Å². The van der Waals surface area contributed by atoms with Gasteiger partial charge in [0.2, 0.25) is 0 Å². The van der Waals surface area contributed by atoms with E-state index in [4.69, 9.17) is 21.1 Å². The van der Waals surface area contributed by atoms with Gasteiger partial charge in [-0.1, -0.05) is 29.8 Å². The fourth-order valence-electron chi connectivity index (χ4n) is 6.28. The number of methoxy groups -OCH3 is 1. The van der Waals surface area contributed by atoms with E-state index in [9.17, 15) is 13.8 Å². The lowest BCUT2D eigenvalue weighted by Crippen LogP contribution is -2.43. The predicted octanol–water partition coefficient (Wildman–Crippen LogP) is 6.64. The molecular formula is C34H45ClN4O5S. The minimum absolute atomic E-state index is 0.0396. The zero-order valence-electron chi connectivity index (χ0n) is 26.5. The largest absolute Gasteiger partial charge is 0.491 e. The molecule has 2 bridgehead atoms. The molecule has 0 unspecified atom stereocenters. The SMILES string of the molecule is CCN(C)C(=O)N[S@]1(=O)=NC(=O)c2ccc3c(c2)N(Cc2ccc(Cl)cc2CCCCO3)C[C@@H]2CC[C@H]2[C@@H](OC)/C=C/CCC1. The molecule has 4 atom stereocenters. The summed E-state index contributed by atoms with van der Waals surface area (Å²) in [5.41, 5.74) is 3.50. The number of aryl methyl sites for hydroxylation is 1. The zero-order valence-corrected chi connectivity index (χ0v) is 28.1. The van der Waals surface area contributed by atoms with Crippen molar-refractivity contribution in [2.45, 2.75) is 64.5 Å². The van der Waals surface area contributed by atoms with Gasteiger partial charge in [-0.25, -0.2) is 9.00 Å². The molecule has 1 saturated carbocycles. The van der Waals surface area contributed by atoms with Crippen LogP contribution in [0.1, 0.15) is 66.9 Å². The molecule has 3 amide bonds. The first-order chi connectivity index (χ1) is 21.7. The lowest BCUT2D eigenvalue weighted by Gasteiger charge is -2.43. The van der Waals surface area contributed by atoms with Gasteiger partial charge < -0.3 is 19.3 Å². The van der Waals surface area contributed by atoms with Crippen LogP contribution < -0.4 is 14.4 Å². The highest BCUT2D eigenvalue weighted by Gasteiger charge is 2.38. The third-order valence-electron chi connectivity index (χ3n) is 9.22. The van der Waals surface area contributed by atoms with Crippen LogP contribution in [0.2, 0.25) is 5.02 Å². The molecule has 3 aliphatic rings. The average molecular weight is 657 g/mol. The molecule has 244 valence electrons. The molecule has 0 spiro atoms. The maximum Gasteiger partial charge on any atom is 0.329 e. The topological polar surface area (TPSA) is 101 Å². The fraction of sp³-hybridized carbons (Fsp3) is 0.529. The quantitative estimate of drug-likeness (QED) is 0.372. The van der Waals surface area contributed by atoms with Crippen molar-refractivity contribution >= 4 is 39.1 Å². The maximum absolute atomic E-state index is 14.0. The third-order valence-corrected chi connectivity index (χ3v) is 11.2. The number of halogens is 1. The van der Waals surface area contributed by atoms with E-state index in [1.807, 2.05) is 25.1 Å². The fourth-order valence-corrected chi connectivity index (χ4v) is 8.07. The number of anilines is 1. The Balaban J connectivity index is 1.61. The van der Waals surface area contributed by atoms with Gasteiger partial charge in [-0.15, -0.1) is 4.36 Å². The van der Waals surface area contributed by atoms with Crippen molar-refractivity contribution < 1.29 is 23.3 Å². The van der Waals surface area contributed by atoms with E-state index in [2.05, 4.69) is 38.3 Å². The Morgan fingerprint density at radius 3 is 2.78 bits per heavy atom. The van der Waals surface area contributed by atoms with Crippen molar-refractivity contribution in [3.05, 3.63) is 70.3 Å². The van der Waals surface area contributed by atoms with Crippen LogP contribution >= 0.6 is 11.6 Å². The molecule has 1 fully saturated rings. The van der Waals surface area contributed by atoms with Crippen molar-refractivity contribution in [1.29, 1.82) is 0 Å². The summed E-state index contributed by atoms with van der Waals surface area (Å²) in [6.45, 7) is 4.16. The van der Waals surface area contributed by atoms with Crippen LogP contribution in [0.4, 0.5) is 10.5 Å². The zero-order chi connectivity index (χ0) is 32.0. The lowest BCUT2D eigenvalue weighted by atomic mass is 9.70. The Morgan fingerprint density at radius 2 is 2.02 bits per heavy atom. The Kier molecular flexibility index (Phi) is 11.1. The van der Waals surface area contributed by atoms with E-state index < -0.39 is 21.9 Å². The summed E-state index contributed by atoms with van der Waals surface area (Å²) in [7, 11) is -0.0295. The number of benzene rings is 2. The Labute approximate surface area is 272 Å². The van der Waals surface area contributed by atoms with Crippen LogP contribution in [0.15, 0.2) is 52.9 Å². The minimum Gasteiger partial charge on any atom is -0.491 e. The van der Waals surface area contributed by atoms with Crippen molar-refractivity contribution in [3.63, 3.8) is 0 Å². The Hall–Kier alpha value is -3.08. The number of nitrogens with one attached hydrogen (secondary N) is 1. The number of carbonyl (C=O) groups is 2. The average Bonchev–Trinajstić information content (AvgIpc) is 3.04. The van der Waals surface area contributed by atoms with Crippen LogP contribution in [0.3, 0.4) is 0 Å². The monoisotopic (exact) mass is 656 g/mol. The smallest absolute Gasteiger partial charge is 0.329 e. The summed E-state index contributed by atoms with van der Waals surface area (Å²) < 4.78 is 33.1. The number of fused-ring (bicyclic) bond motifs is 3. The third kappa shape index (κ3) is 8.20. The van der Waals surface area contributed by atoms with Gasteiger partial charge in [-0.05, 0) is 105 Å². The van der Waals surface area contributed by atoms with Crippen LogP contribution in [0.5, 0.6) is 5.75 Å². The van der Waals surface area contributed by atoms with Crippen molar-refractivity contribution in [1.82, 2.24) is 9.62 Å². The molecule has 0 radical (unpaired) electrons. The van der Waals surface area contributed by atoms with Crippen molar-refractivity contribution in [3.8, 4) is 5.75 Å². The second-order valence-corrected chi connectivity index (χ2v) is 14.7. The Morgan fingerprint density at radius 1 is 1.18 bits per heavy atom. The number of rotatable bonds is 3. The molecule has 2 heterocycles. The van der Waals surface area contributed by atoms with E-state index in [0.717, 1.165) is 49.4 Å². The van der Waals surface area contributed by atoms with E-state index >= 15 is 0 Å². The van der Waals surface area contributed by atoms with Gasteiger partial charge in [0.1, 0.15) is 15.7 Å². The van der Waals surface area contributed by atoms with Crippen LogP contribution in [-0.4, -0.2) is 66.8 Å². The van der Waals surface area contributed by atoms with E-state index in [1.165, 1.54) is 16.0 Å². The highest BCUT2D eigenvalue weighted by atomic mass is 35.5. The summed E-state index contributed by atoms with van der Waals surface area (Å²) in [4.78, 5) is 30.2. The molecule has 5 rings (SSSR count).